The first kappa shape index (κ1) is 14.9. The van der Waals surface area contributed by atoms with Gasteiger partial charge in [-0.2, -0.15) is 0 Å². The highest BCUT2D eigenvalue weighted by atomic mass is 35.5. The molecule has 0 bridgehead atoms. The topological polar surface area (TPSA) is 102 Å². The molecule has 0 atom stereocenters. The van der Waals surface area contributed by atoms with Gasteiger partial charge in [-0.05, 0) is 12.1 Å². The lowest BCUT2D eigenvalue weighted by Gasteiger charge is -2.39. The molecule has 118 valence electrons. The highest BCUT2D eigenvalue weighted by Crippen LogP contribution is 2.25. The average molecular weight is 328 g/mol. The van der Waals surface area contributed by atoms with Gasteiger partial charge in [-0.3, -0.25) is 4.98 Å². The lowest BCUT2D eigenvalue weighted by molar-refractivity contribution is -0.486. The van der Waals surface area contributed by atoms with Crippen molar-refractivity contribution in [1.29, 1.82) is 0 Å². The number of rotatable bonds is 3. The smallest absolute Gasteiger partial charge is 0.272 e. The van der Waals surface area contributed by atoms with Crippen LogP contribution < -0.4 is 5.32 Å². The zero-order chi connectivity index (χ0) is 15.6. The first-order valence-electron chi connectivity index (χ1n) is 6.67. The average Bonchev–Trinajstić information content (AvgIpc) is 2.92. The molecule has 0 unspecified atom stereocenters. The zero-order valence-corrected chi connectivity index (χ0v) is 12.3. The number of pyridine rings is 1. The van der Waals surface area contributed by atoms with Gasteiger partial charge in [-0.25, -0.2) is 10.1 Å². The number of halogens is 1. The number of guanidine groups is 1. The third-order valence-electron chi connectivity index (χ3n) is 3.41. The molecule has 0 aromatic carbocycles. The fourth-order valence-corrected chi connectivity index (χ4v) is 2.64. The van der Waals surface area contributed by atoms with E-state index in [1.807, 2.05) is 0 Å². The minimum absolute atomic E-state index is 0.136. The predicted molar refractivity (Wildman–Crippen MR) is 76.7 cm³/mol. The fraction of sp³-hybridized carbons (Fsp3) is 0.500. The molecule has 1 aromatic rings. The SMILES string of the molecule is O=[N+]([O-])/N=C1\NCC2(CN1Cc1ncccc1Cl)OCCO2. The van der Waals surface area contributed by atoms with Gasteiger partial charge in [0.25, 0.3) is 5.96 Å². The van der Waals surface area contributed by atoms with Crippen LogP contribution in [0.2, 0.25) is 5.02 Å². The van der Waals surface area contributed by atoms with Gasteiger partial charge in [-0.15, -0.1) is 0 Å². The molecule has 2 aliphatic rings. The monoisotopic (exact) mass is 327 g/mol. The number of ether oxygens (including phenoxy) is 2. The molecule has 2 aliphatic heterocycles. The van der Waals surface area contributed by atoms with Crippen LogP contribution in [-0.4, -0.2) is 53.0 Å². The number of hydrazone groups is 1. The molecular formula is C12H14ClN5O4. The Labute approximate surface area is 131 Å². The van der Waals surface area contributed by atoms with Crippen molar-refractivity contribution in [3.8, 4) is 0 Å². The highest BCUT2D eigenvalue weighted by Gasteiger charge is 2.44. The van der Waals surface area contributed by atoms with Crippen LogP contribution in [0.15, 0.2) is 23.4 Å². The maximum absolute atomic E-state index is 10.7. The Morgan fingerprint density at radius 2 is 2.32 bits per heavy atom. The van der Waals surface area contributed by atoms with E-state index in [2.05, 4.69) is 15.4 Å². The van der Waals surface area contributed by atoms with Crippen molar-refractivity contribution in [2.45, 2.75) is 12.3 Å². The number of hydrogen-bond donors (Lipinski definition) is 1. The fourth-order valence-electron chi connectivity index (χ4n) is 2.46. The minimum atomic E-state index is -0.823. The van der Waals surface area contributed by atoms with E-state index in [4.69, 9.17) is 21.1 Å². The maximum atomic E-state index is 10.7. The number of hydrogen-bond acceptors (Lipinski definition) is 5. The maximum Gasteiger partial charge on any atom is 0.272 e. The summed E-state index contributed by atoms with van der Waals surface area (Å²) in [6.07, 6.45) is 1.61. The van der Waals surface area contributed by atoms with Gasteiger partial charge in [0.15, 0.2) is 5.03 Å². The molecule has 22 heavy (non-hydrogen) atoms. The normalized spacial score (nSPS) is 22.0. The third kappa shape index (κ3) is 3.11. The Balaban J connectivity index is 1.84. The largest absolute Gasteiger partial charge is 0.345 e. The number of nitrogens with one attached hydrogen (secondary N) is 1. The van der Waals surface area contributed by atoms with Crippen LogP contribution in [0.3, 0.4) is 0 Å². The van der Waals surface area contributed by atoms with E-state index < -0.39 is 10.8 Å². The summed E-state index contributed by atoms with van der Waals surface area (Å²) in [7, 11) is 0. The zero-order valence-electron chi connectivity index (χ0n) is 11.6. The Hall–Kier alpha value is -1.97. The molecule has 2 fully saturated rings. The van der Waals surface area contributed by atoms with Crippen molar-refractivity contribution in [1.82, 2.24) is 15.2 Å². The molecule has 0 amide bonds. The van der Waals surface area contributed by atoms with Crippen LogP contribution in [0.1, 0.15) is 5.69 Å². The van der Waals surface area contributed by atoms with E-state index >= 15 is 0 Å². The summed E-state index contributed by atoms with van der Waals surface area (Å²) in [5, 5.41) is 16.7. The van der Waals surface area contributed by atoms with Gasteiger partial charge in [-0.1, -0.05) is 11.6 Å². The second kappa shape index (κ2) is 6.03. The summed E-state index contributed by atoms with van der Waals surface area (Å²) in [6.45, 7) is 1.84. The molecule has 1 N–H and O–H groups in total. The van der Waals surface area contributed by atoms with Crippen molar-refractivity contribution in [2.75, 3.05) is 26.3 Å². The van der Waals surface area contributed by atoms with Gasteiger partial charge in [0.1, 0.15) is 5.10 Å². The summed E-state index contributed by atoms with van der Waals surface area (Å²) >= 11 is 6.10. The van der Waals surface area contributed by atoms with Gasteiger partial charge in [0.05, 0.1) is 43.6 Å². The van der Waals surface area contributed by atoms with E-state index in [0.29, 0.717) is 37.0 Å². The standard InChI is InChI=1S/C12H14ClN5O4/c13-9-2-1-3-14-10(9)6-17-8-12(21-4-5-22-12)7-15-11(17)16-18(19)20/h1-3H,4-8H2,(H,15,16). The van der Waals surface area contributed by atoms with Gasteiger partial charge >= 0.3 is 0 Å². The first-order chi connectivity index (χ1) is 10.6. The van der Waals surface area contributed by atoms with Crippen molar-refractivity contribution >= 4 is 17.6 Å². The molecule has 1 aromatic heterocycles. The second-order valence-corrected chi connectivity index (χ2v) is 5.32. The van der Waals surface area contributed by atoms with Crippen molar-refractivity contribution in [2.24, 2.45) is 5.10 Å². The second-order valence-electron chi connectivity index (χ2n) is 4.91. The summed E-state index contributed by atoms with van der Waals surface area (Å²) < 4.78 is 11.3. The van der Waals surface area contributed by atoms with E-state index in [9.17, 15) is 10.1 Å². The molecule has 3 heterocycles. The number of nitro groups is 1. The summed E-state index contributed by atoms with van der Waals surface area (Å²) in [5.74, 6) is -0.687. The van der Waals surface area contributed by atoms with Crippen molar-refractivity contribution in [3.63, 3.8) is 0 Å². The molecule has 0 saturated carbocycles. The van der Waals surface area contributed by atoms with E-state index in [1.165, 1.54) is 0 Å². The molecule has 3 rings (SSSR count). The third-order valence-corrected chi connectivity index (χ3v) is 3.76. The van der Waals surface area contributed by atoms with Gasteiger partial charge in [0.2, 0.25) is 5.79 Å². The lowest BCUT2D eigenvalue weighted by atomic mass is 10.2. The van der Waals surface area contributed by atoms with E-state index in [0.717, 1.165) is 0 Å². The lowest BCUT2D eigenvalue weighted by Crippen LogP contribution is -2.61. The minimum Gasteiger partial charge on any atom is -0.345 e. The Bertz CT molecular complexity index is 605. The number of aromatic nitrogens is 1. The Morgan fingerprint density at radius 1 is 1.55 bits per heavy atom. The van der Waals surface area contributed by atoms with Crippen LogP contribution in [-0.2, 0) is 16.0 Å². The van der Waals surface area contributed by atoms with Crippen molar-refractivity contribution < 1.29 is 14.5 Å². The van der Waals surface area contributed by atoms with Crippen LogP contribution in [0, 0.1) is 10.1 Å². The van der Waals surface area contributed by atoms with Gasteiger partial charge < -0.3 is 19.7 Å². The molecular weight excluding hydrogens is 314 g/mol. The Kier molecular flexibility index (Phi) is 4.10. The van der Waals surface area contributed by atoms with Crippen LogP contribution >= 0.6 is 11.6 Å². The first-order valence-corrected chi connectivity index (χ1v) is 7.05. The molecule has 2 saturated heterocycles. The molecule has 10 heteroatoms. The molecule has 0 radical (unpaired) electrons. The molecule has 0 aliphatic carbocycles. The van der Waals surface area contributed by atoms with E-state index in [-0.39, 0.29) is 12.5 Å². The van der Waals surface area contributed by atoms with Crippen molar-refractivity contribution in [3.05, 3.63) is 39.2 Å². The molecule has 9 nitrogen and oxygen atoms in total. The van der Waals surface area contributed by atoms with E-state index in [1.54, 1.807) is 23.2 Å². The quantitative estimate of drug-likeness (QED) is 0.634. The summed E-state index contributed by atoms with van der Waals surface area (Å²) in [5.41, 5.74) is 0.595. The predicted octanol–water partition coefficient (Wildman–Crippen LogP) is 0.431. The Morgan fingerprint density at radius 3 is 3.00 bits per heavy atom. The van der Waals surface area contributed by atoms with Gasteiger partial charge in [0, 0.05) is 6.20 Å². The molecule has 1 spiro atoms. The van der Waals surface area contributed by atoms with Crippen LogP contribution in [0.25, 0.3) is 0 Å². The van der Waals surface area contributed by atoms with Crippen LogP contribution in [0.4, 0.5) is 0 Å². The highest BCUT2D eigenvalue weighted by molar-refractivity contribution is 6.31. The summed E-state index contributed by atoms with van der Waals surface area (Å²) in [6, 6.07) is 3.43. The summed E-state index contributed by atoms with van der Waals surface area (Å²) in [4.78, 5) is 16.5. The van der Waals surface area contributed by atoms with Crippen LogP contribution in [0.5, 0.6) is 0 Å². The number of nitrogens with zero attached hydrogens (tertiary/aromatic N) is 4.